The van der Waals surface area contributed by atoms with Gasteiger partial charge >= 0.3 is 0 Å². The van der Waals surface area contributed by atoms with Gasteiger partial charge in [-0.3, -0.25) is 9.46 Å². The van der Waals surface area contributed by atoms with Gasteiger partial charge in [-0.05, 0) is 21.0 Å². The number of rotatable bonds is 0. The van der Waals surface area contributed by atoms with Crippen LogP contribution >= 0.6 is 9.39 Å². The lowest BCUT2D eigenvalue weighted by molar-refractivity contribution is -0.116. The summed E-state index contributed by atoms with van der Waals surface area (Å²) in [6.07, 6.45) is 0.541. The third kappa shape index (κ3) is 0.945. The zero-order valence-electron chi connectivity index (χ0n) is 5.95. The predicted octanol–water partition coefficient (Wildman–Crippen LogP) is 1.37. The zero-order valence-corrected chi connectivity index (χ0v) is 7.10. The lowest BCUT2D eigenvalue weighted by Crippen LogP contribution is -2.13. The van der Waals surface area contributed by atoms with E-state index in [1.165, 1.54) is 0 Å². The molecule has 0 N–H and O–H groups in total. The minimum atomic E-state index is 0.149. The zero-order chi connectivity index (χ0) is 7.84. The molecule has 1 aromatic rings. The van der Waals surface area contributed by atoms with Gasteiger partial charge in [-0.2, -0.15) is 0 Å². The summed E-state index contributed by atoms with van der Waals surface area (Å²) in [5.41, 5.74) is 2.13. The molecule has 2 rings (SSSR count). The summed E-state index contributed by atoms with van der Waals surface area (Å²) in [5, 5.41) is 0. The summed E-state index contributed by atoms with van der Waals surface area (Å²) < 4.78 is 1.62. The average molecular weight is 165 g/mol. The molecule has 1 aromatic carbocycles. The van der Waals surface area contributed by atoms with Crippen LogP contribution in [0.2, 0.25) is 0 Å². The van der Waals surface area contributed by atoms with Gasteiger partial charge in [0.1, 0.15) is 0 Å². The fourth-order valence-corrected chi connectivity index (χ4v) is 1.62. The minimum absolute atomic E-state index is 0.149. The van der Waals surface area contributed by atoms with E-state index < -0.39 is 0 Å². The van der Waals surface area contributed by atoms with Crippen molar-refractivity contribution in [2.75, 3.05) is 4.67 Å². The largest absolute Gasteiger partial charge is 0.296 e. The van der Waals surface area contributed by atoms with Crippen molar-refractivity contribution in [3.8, 4) is 0 Å². The van der Waals surface area contributed by atoms with Gasteiger partial charge in [-0.1, -0.05) is 18.2 Å². The molecule has 0 radical (unpaired) electrons. The van der Waals surface area contributed by atoms with E-state index in [1.807, 2.05) is 24.3 Å². The first-order valence-electron chi connectivity index (χ1n) is 3.44. The Balaban J connectivity index is 2.55. The van der Waals surface area contributed by atoms with E-state index in [9.17, 15) is 4.79 Å². The van der Waals surface area contributed by atoms with Gasteiger partial charge < -0.3 is 0 Å². The van der Waals surface area contributed by atoms with Gasteiger partial charge in [0.2, 0.25) is 5.91 Å². The lowest BCUT2D eigenvalue weighted by Gasteiger charge is -2.07. The highest BCUT2D eigenvalue weighted by atomic mass is 31.0. The number of nitrogens with zero attached hydrogens (tertiary/aromatic N) is 1. The fraction of sp³-hybridized carbons (Fsp3) is 0.125. The molecule has 11 heavy (non-hydrogen) atoms. The first-order chi connectivity index (χ1) is 5.29. The highest BCUT2D eigenvalue weighted by molar-refractivity contribution is 7.21. The molecule has 1 aliphatic heterocycles. The van der Waals surface area contributed by atoms with Crippen LogP contribution in [0.25, 0.3) is 0 Å². The van der Waals surface area contributed by atoms with Crippen LogP contribution in [0.5, 0.6) is 0 Å². The van der Waals surface area contributed by atoms with Gasteiger partial charge in [-0.25, -0.2) is 0 Å². The third-order valence-corrected chi connectivity index (χ3v) is 2.43. The SMILES string of the molecule is O=C1Cc2ccccc2N1P. The van der Waals surface area contributed by atoms with Crippen molar-refractivity contribution in [2.45, 2.75) is 6.42 Å². The number of para-hydroxylation sites is 1. The Morgan fingerprint density at radius 3 is 2.82 bits per heavy atom. The van der Waals surface area contributed by atoms with E-state index in [-0.39, 0.29) is 5.91 Å². The van der Waals surface area contributed by atoms with Crippen LogP contribution in [0, 0.1) is 0 Å². The molecule has 0 aliphatic carbocycles. The van der Waals surface area contributed by atoms with Gasteiger partial charge in [0.15, 0.2) is 0 Å². The third-order valence-electron chi connectivity index (χ3n) is 1.86. The first-order valence-corrected chi connectivity index (χ1v) is 3.96. The molecule has 3 heteroatoms. The second-order valence-electron chi connectivity index (χ2n) is 2.57. The maximum absolute atomic E-state index is 11.1. The van der Waals surface area contributed by atoms with Crippen molar-refractivity contribution < 1.29 is 4.79 Å². The quantitative estimate of drug-likeness (QED) is 0.531. The summed E-state index contributed by atoms with van der Waals surface area (Å²) in [6.45, 7) is 0. The molecule has 0 bridgehead atoms. The molecule has 0 saturated carbocycles. The standard InChI is InChI=1S/C8H8NOP/c10-8-5-6-3-1-2-4-7(6)9(8)11/h1-4H,5,11H2. The van der Waals surface area contributed by atoms with Gasteiger partial charge in [-0.15, -0.1) is 0 Å². The van der Waals surface area contributed by atoms with Crippen molar-refractivity contribution in [3.63, 3.8) is 0 Å². The number of carbonyl (C=O) groups excluding carboxylic acids is 1. The Labute approximate surface area is 67.5 Å². The number of amides is 1. The molecular weight excluding hydrogens is 157 g/mol. The molecule has 1 aliphatic rings. The van der Waals surface area contributed by atoms with Crippen LogP contribution in [-0.4, -0.2) is 5.91 Å². The second-order valence-corrected chi connectivity index (χ2v) is 3.09. The first kappa shape index (κ1) is 6.81. The maximum atomic E-state index is 11.1. The fourth-order valence-electron chi connectivity index (χ4n) is 1.28. The summed E-state index contributed by atoms with van der Waals surface area (Å²) in [5.74, 6) is 0.149. The predicted molar refractivity (Wildman–Crippen MR) is 47.3 cm³/mol. The van der Waals surface area contributed by atoms with Gasteiger partial charge in [0.05, 0.1) is 12.1 Å². The van der Waals surface area contributed by atoms with Crippen LogP contribution in [-0.2, 0) is 11.2 Å². The van der Waals surface area contributed by atoms with Crippen LogP contribution in [0.3, 0.4) is 0 Å². The van der Waals surface area contributed by atoms with Crippen molar-refractivity contribution >= 4 is 21.0 Å². The monoisotopic (exact) mass is 165 g/mol. The van der Waals surface area contributed by atoms with Crippen LogP contribution in [0.1, 0.15) is 5.56 Å². The number of hydrogen-bond donors (Lipinski definition) is 0. The molecule has 1 heterocycles. The Morgan fingerprint density at radius 2 is 2.09 bits per heavy atom. The molecule has 0 saturated heterocycles. The lowest BCUT2D eigenvalue weighted by atomic mass is 10.2. The van der Waals surface area contributed by atoms with E-state index in [0.29, 0.717) is 6.42 Å². The highest BCUT2D eigenvalue weighted by Crippen LogP contribution is 2.30. The second kappa shape index (κ2) is 2.31. The van der Waals surface area contributed by atoms with E-state index in [4.69, 9.17) is 0 Å². The smallest absolute Gasteiger partial charge is 0.234 e. The number of carbonyl (C=O) groups is 1. The number of benzene rings is 1. The number of fused-ring (bicyclic) bond motifs is 1. The highest BCUT2D eigenvalue weighted by Gasteiger charge is 2.22. The molecule has 1 amide bonds. The molecule has 1 atom stereocenters. The number of hydrogen-bond acceptors (Lipinski definition) is 1. The normalized spacial score (nSPS) is 15.4. The Morgan fingerprint density at radius 1 is 1.36 bits per heavy atom. The Bertz CT molecular complexity index is 311. The van der Waals surface area contributed by atoms with E-state index >= 15 is 0 Å². The molecule has 0 aromatic heterocycles. The summed E-state index contributed by atoms with van der Waals surface area (Å²) >= 11 is 0. The van der Waals surface area contributed by atoms with Gasteiger partial charge in [0, 0.05) is 0 Å². The average Bonchev–Trinajstić information content (AvgIpc) is 2.30. The molecule has 0 fully saturated rings. The molecular formula is C8H8NOP. The molecule has 56 valence electrons. The molecule has 1 unspecified atom stereocenters. The van der Waals surface area contributed by atoms with Crippen LogP contribution < -0.4 is 4.67 Å². The van der Waals surface area contributed by atoms with Crippen LogP contribution in [0.15, 0.2) is 24.3 Å². The van der Waals surface area contributed by atoms with Crippen molar-refractivity contribution in [2.24, 2.45) is 0 Å². The van der Waals surface area contributed by atoms with Gasteiger partial charge in [0.25, 0.3) is 0 Å². The Hall–Kier alpha value is -0.880. The number of anilines is 1. The molecule has 0 spiro atoms. The topological polar surface area (TPSA) is 20.3 Å². The molecule has 2 nitrogen and oxygen atoms in total. The minimum Gasteiger partial charge on any atom is -0.296 e. The van der Waals surface area contributed by atoms with E-state index in [1.54, 1.807) is 4.67 Å². The van der Waals surface area contributed by atoms with E-state index in [0.717, 1.165) is 11.3 Å². The van der Waals surface area contributed by atoms with Crippen LogP contribution in [0.4, 0.5) is 5.69 Å². The van der Waals surface area contributed by atoms with Crippen molar-refractivity contribution in [1.82, 2.24) is 0 Å². The van der Waals surface area contributed by atoms with Crippen molar-refractivity contribution in [1.29, 1.82) is 0 Å². The summed E-state index contributed by atoms with van der Waals surface area (Å²) in [4.78, 5) is 11.1. The summed E-state index contributed by atoms with van der Waals surface area (Å²) in [7, 11) is 2.42. The van der Waals surface area contributed by atoms with E-state index in [2.05, 4.69) is 9.39 Å². The summed E-state index contributed by atoms with van der Waals surface area (Å²) in [6, 6.07) is 7.83. The Kier molecular flexibility index (Phi) is 1.43. The van der Waals surface area contributed by atoms with Crippen molar-refractivity contribution in [3.05, 3.63) is 29.8 Å². The maximum Gasteiger partial charge on any atom is 0.234 e.